The summed E-state index contributed by atoms with van der Waals surface area (Å²) in [6.07, 6.45) is 7.41. The van der Waals surface area contributed by atoms with Crippen molar-refractivity contribution in [1.29, 1.82) is 0 Å². The van der Waals surface area contributed by atoms with Gasteiger partial charge in [-0.05, 0) is 61.5 Å². The van der Waals surface area contributed by atoms with Crippen LogP contribution >= 0.6 is 0 Å². The minimum absolute atomic E-state index is 0.282. The Bertz CT molecular complexity index is 771. The number of methoxy groups -OCH3 is 1. The Morgan fingerprint density at radius 3 is 2.62 bits per heavy atom. The number of aromatic nitrogens is 3. The molecule has 0 spiro atoms. The molecule has 0 radical (unpaired) electrons. The van der Waals surface area contributed by atoms with Gasteiger partial charge in [0.25, 0.3) is 0 Å². The summed E-state index contributed by atoms with van der Waals surface area (Å²) in [6.45, 7) is 2.99. The lowest BCUT2D eigenvalue weighted by Crippen LogP contribution is -2.22. The van der Waals surface area contributed by atoms with E-state index in [1.807, 2.05) is 41.5 Å². The molecule has 5 nitrogen and oxygen atoms in total. The third-order valence-electron chi connectivity index (χ3n) is 4.31. The molecule has 24 heavy (non-hydrogen) atoms. The van der Waals surface area contributed by atoms with Crippen molar-refractivity contribution >= 4 is 0 Å². The summed E-state index contributed by atoms with van der Waals surface area (Å²) < 4.78 is 7.29. The predicted molar refractivity (Wildman–Crippen MR) is 94.2 cm³/mol. The largest absolute Gasteiger partial charge is 0.497 e. The fourth-order valence-electron chi connectivity index (χ4n) is 2.75. The lowest BCUT2D eigenvalue weighted by molar-refractivity contribution is 0.252. The Morgan fingerprint density at radius 1 is 1.17 bits per heavy atom. The molecule has 124 valence electrons. The van der Waals surface area contributed by atoms with Gasteiger partial charge < -0.3 is 4.74 Å². The van der Waals surface area contributed by atoms with Crippen LogP contribution in [-0.4, -0.2) is 33.8 Å². The second kappa shape index (κ2) is 7.27. The van der Waals surface area contributed by atoms with Crippen LogP contribution in [0.3, 0.4) is 0 Å². The highest BCUT2D eigenvalue weighted by Gasteiger charge is 2.15. The molecule has 2 aromatic heterocycles. The zero-order chi connectivity index (χ0) is 16.9. The van der Waals surface area contributed by atoms with Crippen molar-refractivity contribution < 1.29 is 4.74 Å². The van der Waals surface area contributed by atoms with E-state index < -0.39 is 0 Å². The van der Waals surface area contributed by atoms with E-state index in [0.717, 1.165) is 18.0 Å². The van der Waals surface area contributed by atoms with E-state index in [4.69, 9.17) is 4.74 Å². The first-order chi connectivity index (χ1) is 11.7. The number of pyridine rings is 1. The molecule has 0 N–H and O–H groups in total. The van der Waals surface area contributed by atoms with Crippen LogP contribution in [0.5, 0.6) is 5.75 Å². The van der Waals surface area contributed by atoms with Crippen molar-refractivity contribution in [1.82, 2.24) is 19.7 Å². The number of hydrogen-bond donors (Lipinski definition) is 0. The number of nitrogens with zero attached hydrogens (tertiary/aromatic N) is 4. The first-order valence-corrected chi connectivity index (χ1v) is 7.96. The smallest absolute Gasteiger partial charge is 0.119 e. The maximum absolute atomic E-state index is 5.40. The van der Waals surface area contributed by atoms with Crippen molar-refractivity contribution in [3.8, 4) is 11.4 Å². The fraction of sp³-hybridized carbons (Fsp3) is 0.263. The highest BCUT2D eigenvalue weighted by molar-refractivity contribution is 5.45. The van der Waals surface area contributed by atoms with E-state index >= 15 is 0 Å². The van der Waals surface area contributed by atoms with Gasteiger partial charge in [-0.15, -0.1) is 0 Å². The van der Waals surface area contributed by atoms with Crippen molar-refractivity contribution in [2.75, 3.05) is 14.2 Å². The topological polar surface area (TPSA) is 43.2 Å². The highest BCUT2D eigenvalue weighted by atomic mass is 16.5. The average molecular weight is 322 g/mol. The Kier molecular flexibility index (Phi) is 4.91. The van der Waals surface area contributed by atoms with Gasteiger partial charge in [-0.2, -0.15) is 5.10 Å². The Hall–Kier alpha value is -2.66. The van der Waals surface area contributed by atoms with E-state index in [1.165, 1.54) is 11.1 Å². The lowest BCUT2D eigenvalue weighted by atomic mass is 10.1. The molecule has 0 amide bonds. The summed E-state index contributed by atoms with van der Waals surface area (Å²) in [6, 6.07) is 12.4. The zero-order valence-corrected chi connectivity index (χ0v) is 14.3. The summed E-state index contributed by atoms with van der Waals surface area (Å²) in [5.41, 5.74) is 3.48. The standard InChI is InChI=1S/C19H22N4O/c1-15(16-7-10-20-11-8-16)22(2)14-17-13-18(24-3)5-6-19(17)23-12-4-9-21-23/h4-13,15H,14H2,1-3H3/t15-/m1/s1. The molecule has 0 aliphatic rings. The minimum Gasteiger partial charge on any atom is -0.497 e. The van der Waals surface area contributed by atoms with Gasteiger partial charge in [0, 0.05) is 37.4 Å². The summed E-state index contributed by atoms with van der Waals surface area (Å²) >= 11 is 0. The highest BCUT2D eigenvalue weighted by Crippen LogP contribution is 2.25. The zero-order valence-electron chi connectivity index (χ0n) is 14.3. The SMILES string of the molecule is COc1ccc(-n2cccn2)c(CN(C)[C@H](C)c2ccncc2)c1. The average Bonchev–Trinajstić information content (AvgIpc) is 3.16. The van der Waals surface area contributed by atoms with Crippen molar-refractivity contribution in [3.63, 3.8) is 0 Å². The van der Waals surface area contributed by atoms with Crippen LogP contribution in [0, 0.1) is 0 Å². The molecule has 1 atom stereocenters. The molecule has 0 saturated carbocycles. The number of benzene rings is 1. The van der Waals surface area contributed by atoms with Crippen LogP contribution in [0.25, 0.3) is 5.69 Å². The molecular weight excluding hydrogens is 300 g/mol. The van der Waals surface area contributed by atoms with Crippen LogP contribution in [0.1, 0.15) is 24.1 Å². The van der Waals surface area contributed by atoms with Gasteiger partial charge in [-0.1, -0.05) is 0 Å². The molecule has 1 aromatic carbocycles. The number of hydrogen-bond acceptors (Lipinski definition) is 4. The Labute approximate surface area is 142 Å². The molecular formula is C19H22N4O. The van der Waals surface area contributed by atoms with E-state index in [0.29, 0.717) is 0 Å². The molecule has 3 aromatic rings. The number of rotatable bonds is 6. The third kappa shape index (κ3) is 3.46. The minimum atomic E-state index is 0.282. The first-order valence-electron chi connectivity index (χ1n) is 7.96. The monoisotopic (exact) mass is 322 g/mol. The summed E-state index contributed by atoms with van der Waals surface area (Å²) in [4.78, 5) is 6.40. The van der Waals surface area contributed by atoms with Crippen LogP contribution in [0.15, 0.2) is 61.2 Å². The molecule has 0 unspecified atom stereocenters. The van der Waals surface area contributed by atoms with Gasteiger partial charge in [0.05, 0.1) is 12.8 Å². The Balaban J connectivity index is 1.88. The molecule has 0 bridgehead atoms. The molecule has 0 fully saturated rings. The van der Waals surface area contributed by atoms with Crippen molar-refractivity contribution in [2.45, 2.75) is 19.5 Å². The lowest BCUT2D eigenvalue weighted by Gasteiger charge is -2.26. The second-order valence-electron chi connectivity index (χ2n) is 5.82. The normalized spacial score (nSPS) is 12.3. The van der Waals surface area contributed by atoms with Gasteiger partial charge in [0.15, 0.2) is 0 Å². The third-order valence-corrected chi connectivity index (χ3v) is 4.31. The van der Waals surface area contributed by atoms with Gasteiger partial charge >= 0.3 is 0 Å². The van der Waals surface area contributed by atoms with E-state index in [9.17, 15) is 0 Å². The van der Waals surface area contributed by atoms with E-state index in [-0.39, 0.29) is 6.04 Å². The molecule has 0 aliphatic carbocycles. The van der Waals surface area contributed by atoms with Gasteiger partial charge in [-0.3, -0.25) is 9.88 Å². The van der Waals surface area contributed by atoms with Gasteiger partial charge in [-0.25, -0.2) is 4.68 Å². The summed E-state index contributed by atoms with van der Waals surface area (Å²) in [5, 5.41) is 4.36. The van der Waals surface area contributed by atoms with Crippen LogP contribution in [0.4, 0.5) is 0 Å². The predicted octanol–water partition coefficient (Wildman–Crippen LogP) is 3.47. The van der Waals surface area contributed by atoms with E-state index in [1.54, 1.807) is 13.3 Å². The summed E-state index contributed by atoms with van der Waals surface area (Å²) in [7, 11) is 3.81. The van der Waals surface area contributed by atoms with E-state index in [2.05, 4.69) is 47.2 Å². The molecule has 3 rings (SSSR count). The van der Waals surface area contributed by atoms with Crippen molar-refractivity contribution in [3.05, 3.63) is 72.3 Å². The molecule has 0 aliphatic heterocycles. The van der Waals surface area contributed by atoms with Gasteiger partial charge in [0.2, 0.25) is 0 Å². The molecule has 0 saturated heterocycles. The number of ether oxygens (including phenoxy) is 1. The van der Waals surface area contributed by atoms with Gasteiger partial charge in [0.1, 0.15) is 5.75 Å². The van der Waals surface area contributed by atoms with Crippen LogP contribution < -0.4 is 4.74 Å². The quantitative estimate of drug-likeness (QED) is 0.697. The molecule has 5 heteroatoms. The second-order valence-corrected chi connectivity index (χ2v) is 5.82. The fourth-order valence-corrected chi connectivity index (χ4v) is 2.75. The maximum Gasteiger partial charge on any atom is 0.119 e. The molecule has 2 heterocycles. The van der Waals surface area contributed by atoms with Crippen LogP contribution in [0.2, 0.25) is 0 Å². The Morgan fingerprint density at radius 2 is 1.96 bits per heavy atom. The van der Waals surface area contributed by atoms with Crippen molar-refractivity contribution in [2.24, 2.45) is 0 Å². The van der Waals surface area contributed by atoms with Crippen LogP contribution in [-0.2, 0) is 6.54 Å². The maximum atomic E-state index is 5.40. The first kappa shape index (κ1) is 16.2. The summed E-state index contributed by atoms with van der Waals surface area (Å²) in [5.74, 6) is 0.853.